The first-order valence-electron chi connectivity index (χ1n) is 12.1. The first-order valence-corrected chi connectivity index (χ1v) is 13.1. The zero-order chi connectivity index (χ0) is 24.9. The average molecular weight is 498 g/mol. The van der Waals surface area contributed by atoms with E-state index in [-0.39, 0.29) is 23.3 Å². The van der Waals surface area contributed by atoms with E-state index in [9.17, 15) is 14.0 Å². The van der Waals surface area contributed by atoms with Crippen LogP contribution in [0.25, 0.3) is 0 Å². The highest BCUT2D eigenvalue weighted by Crippen LogP contribution is 2.23. The predicted molar refractivity (Wildman–Crippen MR) is 134 cm³/mol. The highest BCUT2D eigenvalue weighted by atomic mass is 32.2. The van der Waals surface area contributed by atoms with Crippen LogP contribution in [0.5, 0.6) is 0 Å². The Morgan fingerprint density at radius 3 is 2.57 bits per heavy atom. The molecular formula is C26H32FN5O2S. The molecule has 2 aromatic heterocycles. The Morgan fingerprint density at radius 1 is 1.06 bits per heavy atom. The number of thioether (sulfide) groups is 1. The lowest BCUT2D eigenvalue weighted by Gasteiger charge is -2.20. The number of rotatable bonds is 9. The number of aryl methyl sites for hydroxylation is 1. The van der Waals surface area contributed by atoms with Crippen molar-refractivity contribution in [1.82, 2.24) is 24.2 Å². The van der Waals surface area contributed by atoms with Crippen LogP contribution in [0.1, 0.15) is 65.7 Å². The van der Waals surface area contributed by atoms with Crippen LogP contribution in [0.2, 0.25) is 0 Å². The minimum absolute atomic E-state index is 0.0309. The van der Waals surface area contributed by atoms with Crippen molar-refractivity contribution in [2.24, 2.45) is 0 Å². The van der Waals surface area contributed by atoms with Crippen LogP contribution >= 0.6 is 11.8 Å². The third-order valence-corrected chi connectivity index (χ3v) is 7.54. The van der Waals surface area contributed by atoms with Gasteiger partial charge in [0, 0.05) is 43.0 Å². The van der Waals surface area contributed by atoms with Gasteiger partial charge in [-0.3, -0.25) is 9.59 Å². The van der Waals surface area contributed by atoms with Crippen LogP contribution in [0.15, 0.2) is 35.5 Å². The molecule has 0 radical (unpaired) electrons. The molecule has 7 nitrogen and oxygen atoms in total. The summed E-state index contributed by atoms with van der Waals surface area (Å²) >= 11 is 1.38. The molecule has 1 amide bonds. The summed E-state index contributed by atoms with van der Waals surface area (Å²) in [5.74, 6) is 0.956. The van der Waals surface area contributed by atoms with Gasteiger partial charge in [0.2, 0.25) is 5.91 Å². The topological polar surface area (TPSA) is 73.0 Å². The van der Waals surface area contributed by atoms with Crippen LogP contribution < -0.4 is 0 Å². The van der Waals surface area contributed by atoms with Crippen molar-refractivity contribution in [2.45, 2.75) is 71.2 Å². The molecule has 3 aromatic rings. The van der Waals surface area contributed by atoms with Gasteiger partial charge in [-0.25, -0.2) is 4.39 Å². The molecule has 1 aliphatic rings. The Morgan fingerprint density at radius 2 is 1.83 bits per heavy atom. The molecule has 9 heteroatoms. The van der Waals surface area contributed by atoms with Gasteiger partial charge < -0.3 is 14.0 Å². The molecule has 35 heavy (non-hydrogen) atoms. The van der Waals surface area contributed by atoms with Crippen molar-refractivity contribution in [2.75, 3.05) is 12.3 Å². The Balaban J connectivity index is 1.43. The number of ketones is 1. The fraction of sp³-hybridized carbons (Fsp3) is 0.462. The first-order chi connectivity index (χ1) is 16.9. The van der Waals surface area contributed by atoms with Gasteiger partial charge in [0.25, 0.3) is 0 Å². The lowest BCUT2D eigenvalue weighted by molar-refractivity contribution is -0.131. The van der Waals surface area contributed by atoms with Gasteiger partial charge >= 0.3 is 0 Å². The molecule has 0 bridgehead atoms. The van der Waals surface area contributed by atoms with Gasteiger partial charge in [0.15, 0.2) is 16.8 Å². The largest absolute Gasteiger partial charge is 0.344 e. The summed E-state index contributed by atoms with van der Waals surface area (Å²) in [5, 5.41) is 9.36. The molecule has 1 fully saturated rings. The van der Waals surface area contributed by atoms with Gasteiger partial charge in [-0.1, -0.05) is 30.3 Å². The van der Waals surface area contributed by atoms with E-state index in [4.69, 9.17) is 0 Å². The smallest absolute Gasteiger partial charge is 0.222 e. The minimum atomic E-state index is -0.260. The average Bonchev–Trinajstić information content (AvgIpc) is 3.28. The van der Waals surface area contributed by atoms with Crippen LogP contribution in [0.3, 0.4) is 0 Å². The number of hydrogen-bond acceptors (Lipinski definition) is 5. The Kier molecular flexibility index (Phi) is 8.05. The van der Waals surface area contributed by atoms with Crippen molar-refractivity contribution in [3.05, 3.63) is 64.5 Å². The van der Waals surface area contributed by atoms with Gasteiger partial charge in [-0.15, -0.1) is 10.2 Å². The van der Waals surface area contributed by atoms with Crippen molar-refractivity contribution >= 4 is 23.5 Å². The van der Waals surface area contributed by atoms with Crippen LogP contribution in [0.4, 0.5) is 4.39 Å². The van der Waals surface area contributed by atoms with Crippen LogP contribution in [0, 0.1) is 19.7 Å². The predicted octanol–water partition coefficient (Wildman–Crippen LogP) is 4.78. The molecule has 0 aliphatic carbocycles. The molecule has 186 valence electrons. The van der Waals surface area contributed by atoms with E-state index in [0.717, 1.165) is 48.6 Å². The lowest BCUT2D eigenvalue weighted by atomic mass is 10.2. The standard InChI is InChI=1S/C26H32FN5O2S/c1-4-31-24(16-30-13-7-5-6-8-25(30)34)28-29-26(31)35-17-23(33)22-14-18(2)32(19(22)3)15-20-9-11-21(27)12-10-20/h9-12,14H,4-8,13,15-17H2,1-3H3. The van der Waals surface area contributed by atoms with E-state index in [2.05, 4.69) is 14.8 Å². The van der Waals surface area contributed by atoms with E-state index in [1.54, 1.807) is 12.1 Å². The highest BCUT2D eigenvalue weighted by Gasteiger charge is 2.22. The second-order valence-electron chi connectivity index (χ2n) is 8.98. The summed E-state index contributed by atoms with van der Waals surface area (Å²) in [6.45, 7) is 8.41. The molecule has 1 aromatic carbocycles. The van der Waals surface area contributed by atoms with E-state index in [0.29, 0.717) is 36.8 Å². The van der Waals surface area contributed by atoms with Gasteiger partial charge in [-0.05, 0) is 57.4 Å². The monoisotopic (exact) mass is 497 g/mol. The summed E-state index contributed by atoms with van der Waals surface area (Å²) in [6.07, 6.45) is 3.64. The minimum Gasteiger partial charge on any atom is -0.344 e. The number of nitrogens with zero attached hydrogens (tertiary/aromatic N) is 5. The second-order valence-corrected chi connectivity index (χ2v) is 9.92. The maximum Gasteiger partial charge on any atom is 0.222 e. The van der Waals surface area contributed by atoms with E-state index in [1.165, 1.54) is 23.9 Å². The van der Waals surface area contributed by atoms with Crippen molar-refractivity contribution < 1.29 is 14.0 Å². The zero-order valence-corrected chi connectivity index (χ0v) is 21.4. The van der Waals surface area contributed by atoms with E-state index < -0.39 is 0 Å². The summed E-state index contributed by atoms with van der Waals surface area (Å²) in [6, 6.07) is 8.35. The number of halogens is 1. The zero-order valence-electron chi connectivity index (χ0n) is 20.6. The van der Waals surface area contributed by atoms with Gasteiger partial charge in [0.1, 0.15) is 5.82 Å². The summed E-state index contributed by atoms with van der Waals surface area (Å²) in [5.41, 5.74) is 3.55. The quantitative estimate of drug-likeness (QED) is 0.314. The Bertz CT molecular complexity index is 1200. The number of likely N-dealkylation sites (tertiary alicyclic amines) is 1. The second kappa shape index (κ2) is 11.2. The van der Waals surface area contributed by atoms with Crippen molar-refractivity contribution in [1.29, 1.82) is 0 Å². The fourth-order valence-electron chi connectivity index (χ4n) is 4.54. The van der Waals surface area contributed by atoms with Gasteiger partial charge in [-0.2, -0.15) is 0 Å². The van der Waals surface area contributed by atoms with Crippen molar-refractivity contribution in [3.63, 3.8) is 0 Å². The number of carbonyl (C=O) groups excluding carboxylic acids is 2. The number of carbonyl (C=O) groups is 2. The fourth-order valence-corrected chi connectivity index (χ4v) is 5.45. The molecule has 4 rings (SSSR count). The number of amides is 1. The number of aromatic nitrogens is 4. The van der Waals surface area contributed by atoms with E-state index in [1.807, 2.05) is 36.3 Å². The van der Waals surface area contributed by atoms with Crippen LogP contribution in [-0.4, -0.2) is 48.2 Å². The normalized spacial score (nSPS) is 14.4. The molecule has 1 saturated heterocycles. The summed E-state index contributed by atoms with van der Waals surface area (Å²) < 4.78 is 17.3. The highest BCUT2D eigenvalue weighted by molar-refractivity contribution is 7.99. The number of benzene rings is 1. The number of Topliss-reactive ketones (excluding diaryl/α,β-unsaturated/α-hetero) is 1. The number of hydrogen-bond donors (Lipinski definition) is 0. The van der Waals surface area contributed by atoms with Gasteiger partial charge in [0.05, 0.1) is 12.3 Å². The molecule has 0 unspecified atom stereocenters. The molecule has 0 N–H and O–H groups in total. The van der Waals surface area contributed by atoms with Crippen LogP contribution in [-0.2, 0) is 24.4 Å². The molecule has 0 spiro atoms. The summed E-state index contributed by atoms with van der Waals surface area (Å²) in [7, 11) is 0. The molecule has 1 aliphatic heterocycles. The molecule has 0 atom stereocenters. The Hall–Kier alpha value is -2.94. The maximum atomic E-state index is 13.2. The maximum absolute atomic E-state index is 13.2. The Labute approximate surface area is 209 Å². The molecular weight excluding hydrogens is 465 g/mol. The third-order valence-electron chi connectivity index (χ3n) is 6.57. The molecule has 0 saturated carbocycles. The molecule has 3 heterocycles. The lowest BCUT2D eigenvalue weighted by Crippen LogP contribution is -2.31. The SMILES string of the molecule is CCn1c(CN2CCCCCC2=O)nnc1SCC(=O)c1cc(C)n(Cc2ccc(F)cc2)c1C. The first kappa shape index (κ1) is 25.2. The summed E-state index contributed by atoms with van der Waals surface area (Å²) in [4.78, 5) is 27.4. The van der Waals surface area contributed by atoms with E-state index >= 15 is 0 Å². The van der Waals surface area contributed by atoms with Crippen molar-refractivity contribution in [3.8, 4) is 0 Å². The third kappa shape index (κ3) is 5.83.